The number of aryl methyl sites for hydroxylation is 1. The Morgan fingerprint density at radius 2 is 1.82 bits per heavy atom. The third-order valence-electron chi connectivity index (χ3n) is 11.9. The van der Waals surface area contributed by atoms with E-state index in [-0.39, 0.29) is 24.0 Å². The highest BCUT2D eigenvalue weighted by molar-refractivity contribution is 7.91. The summed E-state index contributed by atoms with van der Waals surface area (Å²) in [5.74, 6) is 0.0256. The maximum atomic E-state index is 13.6. The van der Waals surface area contributed by atoms with E-state index in [2.05, 4.69) is 21.4 Å². The van der Waals surface area contributed by atoms with Gasteiger partial charge in [-0.1, -0.05) is 31.5 Å². The maximum Gasteiger partial charge on any atom is 0.264 e. The molecule has 13 heteroatoms. The van der Waals surface area contributed by atoms with Crippen LogP contribution < -0.4 is 14.4 Å². The number of halogens is 1. The van der Waals surface area contributed by atoms with E-state index in [1.54, 1.807) is 25.1 Å². The highest BCUT2D eigenvalue weighted by atomic mass is 35.5. The van der Waals surface area contributed by atoms with Crippen molar-refractivity contribution in [1.29, 1.82) is 0 Å². The number of carbonyl (C=O) groups excluding carboxylic acids is 1. The van der Waals surface area contributed by atoms with Gasteiger partial charge in [0.1, 0.15) is 12.4 Å². The quantitative estimate of drug-likeness (QED) is 0.434. The average Bonchev–Trinajstić information content (AvgIpc) is 3.52. The van der Waals surface area contributed by atoms with Crippen molar-refractivity contribution in [3.63, 3.8) is 0 Å². The summed E-state index contributed by atoms with van der Waals surface area (Å²) in [4.78, 5) is 18.1. The monoisotopic (exact) mass is 749 g/mol. The number of carbonyl (C=O) groups is 1. The molecule has 0 aromatic heterocycles. The van der Waals surface area contributed by atoms with E-state index in [0.29, 0.717) is 49.9 Å². The maximum absolute atomic E-state index is 13.6. The van der Waals surface area contributed by atoms with Crippen LogP contribution in [-0.4, -0.2) is 89.3 Å². The van der Waals surface area contributed by atoms with Gasteiger partial charge >= 0.3 is 0 Å². The zero-order chi connectivity index (χ0) is 35.8. The molecule has 1 aliphatic carbocycles. The minimum absolute atomic E-state index is 0.186. The number of hydrogen-bond acceptors (Lipinski definition) is 9. The van der Waals surface area contributed by atoms with Crippen LogP contribution in [0.5, 0.6) is 5.75 Å². The largest absolute Gasteiger partial charge is 0.487 e. The lowest BCUT2D eigenvalue weighted by Gasteiger charge is -2.52. The second-order valence-electron chi connectivity index (χ2n) is 15.1. The number of nitrogens with zero attached hydrogens (tertiary/aromatic N) is 2. The number of benzene rings is 2. The van der Waals surface area contributed by atoms with Crippen molar-refractivity contribution >= 4 is 43.1 Å². The molecule has 10 nitrogen and oxygen atoms in total. The first-order valence-electron chi connectivity index (χ1n) is 18.1. The number of likely N-dealkylation sites (tertiary alicyclic amines) is 1. The van der Waals surface area contributed by atoms with E-state index in [1.165, 1.54) is 6.26 Å². The van der Waals surface area contributed by atoms with E-state index in [4.69, 9.17) is 21.1 Å². The highest BCUT2D eigenvalue weighted by Crippen LogP contribution is 2.48. The summed E-state index contributed by atoms with van der Waals surface area (Å²) in [5, 5.41) is -0.588. The van der Waals surface area contributed by atoms with Gasteiger partial charge in [0.25, 0.3) is 5.91 Å². The number of fused-ring (bicyclic) bond motifs is 3. The molecule has 1 saturated carbocycles. The first-order chi connectivity index (χ1) is 23.7. The number of sulfone groups is 1. The van der Waals surface area contributed by atoms with Crippen LogP contribution in [0.15, 0.2) is 36.4 Å². The smallest absolute Gasteiger partial charge is 0.264 e. The summed E-state index contributed by atoms with van der Waals surface area (Å²) in [5.41, 5.74) is 2.67. The Balaban J connectivity index is 1.38. The van der Waals surface area contributed by atoms with Gasteiger partial charge in [0.15, 0.2) is 9.84 Å². The van der Waals surface area contributed by atoms with Crippen LogP contribution in [-0.2, 0) is 37.6 Å². The highest BCUT2D eigenvalue weighted by Gasteiger charge is 2.50. The SMILES string of the molecule is CC[C@@]1(CN2CC[C@H](S(C)(=O)=O)C2)OC[C@H](C)[C@@H](C)S(=O)(=O)NC(=O)c2ccc3c(c2)N(CCCCc2cc(Cl)ccc2CO3)C[C@@H]2CC[C@H]21. The first kappa shape index (κ1) is 37.4. The molecule has 1 N–H and O–H groups in total. The molecule has 276 valence electrons. The normalized spacial score (nSPS) is 31.0. The summed E-state index contributed by atoms with van der Waals surface area (Å²) in [6, 6.07) is 11.1. The number of hydrogen-bond donors (Lipinski definition) is 1. The van der Waals surface area contributed by atoms with Crippen molar-refractivity contribution in [2.45, 2.75) is 88.4 Å². The molecule has 3 heterocycles. The Bertz CT molecular complexity index is 1790. The number of anilines is 1. The Morgan fingerprint density at radius 3 is 2.52 bits per heavy atom. The average molecular weight is 750 g/mol. The molecular weight excluding hydrogens is 698 g/mol. The van der Waals surface area contributed by atoms with Gasteiger partial charge in [0.05, 0.1) is 28.4 Å². The minimum Gasteiger partial charge on any atom is -0.487 e. The van der Waals surface area contributed by atoms with Gasteiger partial charge in [-0.2, -0.15) is 0 Å². The van der Waals surface area contributed by atoms with Gasteiger partial charge in [-0.15, -0.1) is 0 Å². The fourth-order valence-electron chi connectivity index (χ4n) is 8.28. The van der Waals surface area contributed by atoms with Gasteiger partial charge < -0.3 is 14.4 Å². The number of amides is 1. The number of nitrogens with one attached hydrogen (secondary N) is 1. The molecule has 2 aromatic rings. The van der Waals surface area contributed by atoms with Crippen LogP contribution in [0, 0.1) is 17.8 Å². The van der Waals surface area contributed by atoms with E-state index in [1.807, 2.05) is 25.1 Å². The van der Waals surface area contributed by atoms with Gasteiger partial charge in [0.2, 0.25) is 10.0 Å². The molecule has 2 aromatic carbocycles. The van der Waals surface area contributed by atoms with Gasteiger partial charge in [0, 0.05) is 43.0 Å². The second kappa shape index (κ2) is 14.9. The number of sulfonamides is 1. The lowest BCUT2D eigenvalue weighted by atomic mass is 9.63. The minimum atomic E-state index is -4.04. The fraction of sp³-hybridized carbons (Fsp3) is 0.649. The molecular formula is C37H52ClN3O7S2. The first-order valence-corrected chi connectivity index (χ1v) is 22.0. The molecule has 1 saturated heterocycles. The van der Waals surface area contributed by atoms with Crippen LogP contribution in [0.2, 0.25) is 5.02 Å². The molecule has 2 fully saturated rings. The molecule has 0 unspecified atom stereocenters. The fourth-order valence-corrected chi connectivity index (χ4v) is 10.7. The van der Waals surface area contributed by atoms with Crippen molar-refractivity contribution in [2.24, 2.45) is 17.8 Å². The zero-order valence-corrected chi connectivity index (χ0v) is 32.1. The Morgan fingerprint density at radius 1 is 1.02 bits per heavy atom. The molecule has 6 rings (SSSR count). The van der Waals surface area contributed by atoms with E-state index < -0.39 is 47.8 Å². The van der Waals surface area contributed by atoms with E-state index >= 15 is 0 Å². The van der Waals surface area contributed by atoms with Crippen molar-refractivity contribution in [1.82, 2.24) is 9.62 Å². The molecule has 4 aliphatic rings. The third-order valence-corrected chi connectivity index (χ3v) is 15.6. The van der Waals surface area contributed by atoms with E-state index in [9.17, 15) is 21.6 Å². The Kier molecular flexibility index (Phi) is 11.2. The zero-order valence-electron chi connectivity index (χ0n) is 29.7. The summed E-state index contributed by atoms with van der Waals surface area (Å²) < 4.78 is 67.9. The number of ether oxygens (including phenoxy) is 2. The van der Waals surface area contributed by atoms with Crippen molar-refractivity contribution in [3.8, 4) is 5.75 Å². The molecule has 0 spiro atoms. The van der Waals surface area contributed by atoms with Crippen LogP contribution >= 0.6 is 11.6 Å². The summed E-state index contributed by atoms with van der Waals surface area (Å²) in [6.45, 7) is 9.35. The van der Waals surface area contributed by atoms with Crippen molar-refractivity contribution in [3.05, 3.63) is 58.1 Å². The molecule has 3 aliphatic heterocycles. The summed E-state index contributed by atoms with van der Waals surface area (Å²) >= 11 is 6.37. The molecule has 2 bridgehead atoms. The lowest BCUT2D eigenvalue weighted by molar-refractivity contribution is -0.151. The topological polar surface area (TPSA) is 122 Å². The molecule has 50 heavy (non-hydrogen) atoms. The predicted octanol–water partition coefficient (Wildman–Crippen LogP) is 5.47. The van der Waals surface area contributed by atoms with Crippen LogP contribution in [0.4, 0.5) is 5.69 Å². The predicted molar refractivity (Wildman–Crippen MR) is 197 cm³/mol. The van der Waals surface area contributed by atoms with Crippen LogP contribution in [0.3, 0.4) is 0 Å². The van der Waals surface area contributed by atoms with Crippen LogP contribution in [0.25, 0.3) is 0 Å². The molecule has 6 atom stereocenters. The number of rotatable bonds is 4. The van der Waals surface area contributed by atoms with Crippen molar-refractivity contribution in [2.75, 3.05) is 50.5 Å². The molecule has 1 amide bonds. The van der Waals surface area contributed by atoms with Crippen LogP contribution in [0.1, 0.15) is 80.8 Å². The standard InChI is InChI=1S/C37H52ClN3O7S2/c1-5-37(24-40-17-15-32(21-40)49(4,43)44)33-13-10-29(33)20-41-16-7-6-8-27-18-31(38)12-9-30(27)23-47-35-14-11-28(19-34(35)41)36(42)39-50(45,46)26(3)25(2)22-48-37/h9,11-12,14,18-19,25-26,29,32-33H,5-8,10,13,15-17,20-24H2,1-4H3,(H,39,42)/t25-,26+,29-,32-,33+,37-/m0/s1. The second-order valence-corrected chi connectivity index (χ2v) is 19.9. The molecule has 0 radical (unpaired) electrons. The van der Waals surface area contributed by atoms with Gasteiger partial charge in [-0.05, 0) is 118 Å². The van der Waals surface area contributed by atoms with E-state index in [0.717, 1.165) is 62.0 Å². The van der Waals surface area contributed by atoms with Crippen molar-refractivity contribution < 1.29 is 31.1 Å². The van der Waals surface area contributed by atoms with Gasteiger partial charge in [-0.25, -0.2) is 21.6 Å². The summed E-state index contributed by atoms with van der Waals surface area (Å²) in [7, 11) is -7.21. The lowest BCUT2D eigenvalue weighted by Crippen LogP contribution is -2.57. The Labute approximate surface area is 303 Å². The van der Waals surface area contributed by atoms with Gasteiger partial charge in [-0.3, -0.25) is 9.69 Å². The Hall–Kier alpha value is -2.38. The summed E-state index contributed by atoms with van der Waals surface area (Å²) in [6.07, 6.45) is 7.33. The third kappa shape index (κ3) is 7.99.